The molecular weight excluding hydrogens is 248 g/mol. The van der Waals surface area contributed by atoms with Gasteiger partial charge in [-0.25, -0.2) is 0 Å². The van der Waals surface area contributed by atoms with Crippen LogP contribution in [-0.2, 0) is 4.79 Å². The minimum absolute atomic E-state index is 0.0882. The van der Waals surface area contributed by atoms with E-state index in [1.165, 1.54) is 4.90 Å². The second-order valence-electron chi connectivity index (χ2n) is 4.85. The van der Waals surface area contributed by atoms with E-state index in [0.717, 1.165) is 0 Å². The minimum Gasteiger partial charge on any atom is -0.480 e. The van der Waals surface area contributed by atoms with Gasteiger partial charge >= 0.3 is 5.97 Å². The second kappa shape index (κ2) is 6.36. The van der Waals surface area contributed by atoms with E-state index in [1.807, 2.05) is 20.8 Å². The van der Waals surface area contributed by atoms with E-state index in [9.17, 15) is 9.59 Å². The number of aliphatic carboxylic acids is 1. The van der Waals surface area contributed by atoms with Gasteiger partial charge in [-0.05, 0) is 19.3 Å². The number of amides is 1. The number of hydrogen-bond acceptors (Lipinski definition) is 4. The van der Waals surface area contributed by atoms with Crippen LogP contribution in [0.5, 0.6) is 0 Å². The van der Waals surface area contributed by atoms with Gasteiger partial charge in [-0.2, -0.15) is 0 Å². The maximum atomic E-state index is 12.2. The molecule has 1 rings (SSSR count). The molecule has 1 amide bonds. The lowest BCUT2D eigenvalue weighted by Crippen LogP contribution is -2.41. The third kappa shape index (κ3) is 3.81. The van der Waals surface area contributed by atoms with Gasteiger partial charge < -0.3 is 14.5 Å². The average Bonchev–Trinajstić information content (AvgIpc) is 2.83. The van der Waals surface area contributed by atoms with Crippen molar-refractivity contribution in [3.63, 3.8) is 0 Å². The molecule has 1 heterocycles. The third-order valence-corrected chi connectivity index (χ3v) is 3.02. The molecule has 0 fully saturated rings. The van der Waals surface area contributed by atoms with Crippen molar-refractivity contribution in [2.45, 2.75) is 46.1 Å². The quantitative estimate of drug-likeness (QED) is 0.854. The first-order valence-corrected chi connectivity index (χ1v) is 6.36. The van der Waals surface area contributed by atoms with Crippen LogP contribution in [0.3, 0.4) is 0 Å². The van der Waals surface area contributed by atoms with Gasteiger partial charge in [0.2, 0.25) is 5.76 Å². The van der Waals surface area contributed by atoms with E-state index < -0.39 is 11.9 Å². The van der Waals surface area contributed by atoms with Gasteiger partial charge in [0.15, 0.2) is 0 Å². The number of carbonyl (C=O) groups is 2. The number of hydrogen-bond donors (Lipinski definition) is 1. The molecule has 0 aromatic carbocycles. The minimum atomic E-state index is -1.04. The molecule has 0 spiro atoms. The predicted molar refractivity (Wildman–Crippen MR) is 69.0 cm³/mol. The molecule has 0 radical (unpaired) electrons. The van der Waals surface area contributed by atoms with Crippen LogP contribution in [0.15, 0.2) is 10.6 Å². The van der Waals surface area contributed by atoms with Crippen molar-refractivity contribution >= 4 is 11.9 Å². The third-order valence-electron chi connectivity index (χ3n) is 3.02. The van der Waals surface area contributed by atoms with Gasteiger partial charge in [-0.3, -0.25) is 9.59 Å². The standard InChI is InChI=1S/C13H20N2O4/c1-5-9(4)15(7-12(16)17)13(18)11-6-10(8(2)3)14-19-11/h6,8-9H,5,7H2,1-4H3,(H,16,17). The van der Waals surface area contributed by atoms with Crippen LogP contribution in [0.2, 0.25) is 0 Å². The summed E-state index contributed by atoms with van der Waals surface area (Å²) in [6.07, 6.45) is 0.671. The normalized spacial score (nSPS) is 12.5. The molecule has 6 nitrogen and oxygen atoms in total. The smallest absolute Gasteiger partial charge is 0.323 e. The number of rotatable bonds is 6. The summed E-state index contributed by atoms with van der Waals surface area (Å²) in [4.78, 5) is 24.4. The maximum absolute atomic E-state index is 12.2. The summed E-state index contributed by atoms with van der Waals surface area (Å²) in [7, 11) is 0. The van der Waals surface area contributed by atoms with Gasteiger partial charge in [0.1, 0.15) is 6.54 Å². The van der Waals surface area contributed by atoms with E-state index in [1.54, 1.807) is 13.0 Å². The zero-order valence-electron chi connectivity index (χ0n) is 11.7. The lowest BCUT2D eigenvalue weighted by molar-refractivity contribution is -0.138. The molecule has 19 heavy (non-hydrogen) atoms. The highest BCUT2D eigenvalue weighted by Gasteiger charge is 2.26. The summed E-state index contributed by atoms with van der Waals surface area (Å²) >= 11 is 0. The molecule has 1 aromatic rings. The van der Waals surface area contributed by atoms with Crippen LogP contribution in [0, 0.1) is 0 Å². The molecular formula is C13H20N2O4. The maximum Gasteiger partial charge on any atom is 0.323 e. The first-order valence-electron chi connectivity index (χ1n) is 6.36. The fraction of sp³-hybridized carbons (Fsp3) is 0.615. The van der Waals surface area contributed by atoms with E-state index in [2.05, 4.69) is 5.16 Å². The highest BCUT2D eigenvalue weighted by atomic mass is 16.5. The molecule has 1 N–H and O–H groups in total. The van der Waals surface area contributed by atoms with E-state index in [0.29, 0.717) is 12.1 Å². The van der Waals surface area contributed by atoms with Gasteiger partial charge in [-0.1, -0.05) is 25.9 Å². The zero-order valence-corrected chi connectivity index (χ0v) is 11.7. The van der Waals surface area contributed by atoms with Crippen LogP contribution in [0.25, 0.3) is 0 Å². The Labute approximate surface area is 112 Å². The van der Waals surface area contributed by atoms with Crippen molar-refractivity contribution in [2.75, 3.05) is 6.54 Å². The van der Waals surface area contributed by atoms with Crippen molar-refractivity contribution in [1.82, 2.24) is 10.1 Å². The zero-order chi connectivity index (χ0) is 14.6. The summed E-state index contributed by atoms with van der Waals surface area (Å²) in [5.41, 5.74) is 0.683. The summed E-state index contributed by atoms with van der Waals surface area (Å²) in [5.74, 6) is -1.24. The van der Waals surface area contributed by atoms with E-state index in [-0.39, 0.29) is 24.3 Å². The molecule has 1 atom stereocenters. The van der Waals surface area contributed by atoms with Crippen LogP contribution in [0.4, 0.5) is 0 Å². The number of carboxylic acids is 1. The second-order valence-corrected chi connectivity index (χ2v) is 4.85. The van der Waals surface area contributed by atoms with Crippen LogP contribution < -0.4 is 0 Å². The molecule has 0 bridgehead atoms. The Bertz CT molecular complexity index is 453. The van der Waals surface area contributed by atoms with E-state index >= 15 is 0 Å². The number of carbonyl (C=O) groups excluding carboxylic acids is 1. The Balaban J connectivity index is 2.94. The Morgan fingerprint density at radius 2 is 2.05 bits per heavy atom. The lowest BCUT2D eigenvalue weighted by atomic mass is 10.1. The summed E-state index contributed by atoms with van der Waals surface area (Å²) < 4.78 is 5.01. The molecule has 1 unspecified atom stereocenters. The van der Waals surface area contributed by atoms with Crippen molar-refractivity contribution in [2.24, 2.45) is 0 Å². The summed E-state index contributed by atoms with van der Waals surface area (Å²) in [6.45, 7) is 7.24. The molecule has 1 aromatic heterocycles. The molecule has 106 valence electrons. The molecule has 0 saturated carbocycles. The van der Waals surface area contributed by atoms with Gasteiger partial charge in [0.25, 0.3) is 5.91 Å². The average molecular weight is 268 g/mol. The van der Waals surface area contributed by atoms with Gasteiger partial charge in [0.05, 0.1) is 5.69 Å². The highest BCUT2D eigenvalue weighted by Crippen LogP contribution is 2.17. The highest BCUT2D eigenvalue weighted by molar-refractivity contribution is 5.93. The monoisotopic (exact) mass is 268 g/mol. The number of carboxylic acid groups (broad SMARTS) is 1. The predicted octanol–water partition coefficient (Wildman–Crippen LogP) is 2.12. The van der Waals surface area contributed by atoms with Gasteiger partial charge in [0, 0.05) is 12.1 Å². The molecule has 0 aliphatic carbocycles. The van der Waals surface area contributed by atoms with Crippen LogP contribution in [0.1, 0.15) is 56.3 Å². The fourth-order valence-electron chi connectivity index (χ4n) is 1.60. The van der Waals surface area contributed by atoms with Gasteiger partial charge in [-0.15, -0.1) is 0 Å². The summed E-state index contributed by atoms with van der Waals surface area (Å²) in [6, 6.07) is 1.40. The van der Waals surface area contributed by atoms with Crippen molar-refractivity contribution in [3.8, 4) is 0 Å². The van der Waals surface area contributed by atoms with Crippen LogP contribution in [-0.4, -0.2) is 39.6 Å². The van der Waals surface area contributed by atoms with Crippen LogP contribution >= 0.6 is 0 Å². The molecule has 0 aliphatic heterocycles. The Hall–Kier alpha value is -1.85. The lowest BCUT2D eigenvalue weighted by Gasteiger charge is -2.25. The number of nitrogens with zero attached hydrogens (tertiary/aromatic N) is 2. The molecule has 0 saturated heterocycles. The molecule has 6 heteroatoms. The largest absolute Gasteiger partial charge is 0.480 e. The first-order chi connectivity index (χ1) is 8.86. The van der Waals surface area contributed by atoms with Crippen molar-refractivity contribution in [1.29, 1.82) is 0 Å². The Morgan fingerprint density at radius 1 is 1.42 bits per heavy atom. The topological polar surface area (TPSA) is 83.6 Å². The number of aromatic nitrogens is 1. The summed E-state index contributed by atoms with van der Waals surface area (Å²) in [5, 5.41) is 12.7. The van der Waals surface area contributed by atoms with Crippen molar-refractivity contribution < 1.29 is 19.2 Å². The van der Waals surface area contributed by atoms with E-state index in [4.69, 9.17) is 9.63 Å². The SMILES string of the molecule is CCC(C)N(CC(=O)O)C(=O)c1cc(C(C)C)no1. The Kier molecular flexibility index (Phi) is 5.09. The first kappa shape index (κ1) is 15.2. The fourth-order valence-corrected chi connectivity index (χ4v) is 1.60. The molecule has 0 aliphatic rings. The Morgan fingerprint density at radius 3 is 2.47 bits per heavy atom. The van der Waals surface area contributed by atoms with Crippen molar-refractivity contribution in [3.05, 3.63) is 17.5 Å².